The number of ether oxygens (including phenoxy) is 1. The molecule has 0 radical (unpaired) electrons. The zero-order valence-electron chi connectivity index (χ0n) is 19.4. The molecule has 0 spiro atoms. The summed E-state index contributed by atoms with van der Waals surface area (Å²) >= 11 is 11.8. The Balaban J connectivity index is 1.47. The Labute approximate surface area is 214 Å². The third-order valence-corrected chi connectivity index (χ3v) is 7.62. The summed E-state index contributed by atoms with van der Waals surface area (Å²) in [4.78, 5) is 0. The number of aliphatic hydroxyl groups is 3. The normalized spacial score (nSPS) is 26.6. The molecule has 5 rings (SSSR count). The van der Waals surface area contributed by atoms with Gasteiger partial charge >= 0.3 is 0 Å². The van der Waals surface area contributed by atoms with E-state index in [1.54, 1.807) is 11.6 Å². The summed E-state index contributed by atoms with van der Waals surface area (Å²) in [6.45, 7) is 0.168. The highest BCUT2D eigenvalue weighted by Gasteiger charge is 2.44. The summed E-state index contributed by atoms with van der Waals surface area (Å²) in [5, 5.41) is 39.6. The van der Waals surface area contributed by atoms with Crippen LogP contribution in [0.2, 0.25) is 5.02 Å². The van der Waals surface area contributed by atoms with Crippen LogP contribution in [-0.2, 0) is 11.2 Å². The van der Waals surface area contributed by atoms with Gasteiger partial charge in [0.1, 0.15) is 24.4 Å². The minimum atomic E-state index is -1.39. The largest absolute Gasteiger partial charge is 0.388 e. The molecule has 2 aliphatic rings. The van der Waals surface area contributed by atoms with Gasteiger partial charge in [-0.15, -0.1) is 0 Å². The van der Waals surface area contributed by atoms with Crippen LogP contribution in [0.15, 0.2) is 48.7 Å². The highest BCUT2D eigenvalue weighted by molar-refractivity contribution is 7.80. The Hall–Kier alpha value is -2.20. The van der Waals surface area contributed by atoms with Gasteiger partial charge in [-0.2, -0.15) is 0 Å². The van der Waals surface area contributed by atoms with E-state index >= 15 is 0 Å². The summed E-state index contributed by atoms with van der Waals surface area (Å²) in [6, 6.07) is 14.3. The lowest BCUT2D eigenvalue weighted by Crippen LogP contribution is -2.58. The monoisotopic (exact) mass is 515 g/mol. The molecule has 0 amide bonds. The molecule has 3 aromatic rings. The van der Waals surface area contributed by atoms with Crippen LogP contribution in [0.3, 0.4) is 0 Å². The van der Waals surface area contributed by atoms with Crippen LogP contribution < -0.4 is 10.6 Å². The lowest BCUT2D eigenvalue weighted by molar-refractivity contribution is -0.241. The van der Waals surface area contributed by atoms with Crippen LogP contribution in [0.4, 0.5) is 0 Å². The maximum atomic E-state index is 10.9. The molecule has 35 heavy (non-hydrogen) atoms. The molecule has 5 atom stereocenters. The van der Waals surface area contributed by atoms with Crippen molar-refractivity contribution in [1.29, 1.82) is 0 Å². The first-order chi connectivity index (χ1) is 16.9. The van der Waals surface area contributed by atoms with Crippen LogP contribution >= 0.6 is 23.8 Å². The predicted octanol–water partition coefficient (Wildman–Crippen LogP) is 2.84. The van der Waals surface area contributed by atoms with Gasteiger partial charge in [-0.05, 0) is 66.2 Å². The number of aliphatic hydroxyl groups excluding tert-OH is 3. The quantitative estimate of drug-likeness (QED) is 0.322. The van der Waals surface area contributed by atoms with Crippen molar-refractivity contribution in [3.05, 3.63) is 70.4 Å². The highest BCUT2D eigenvalue weighted by atomic mass is 35.5. The van der Waals surface area contributed by atoms with Crippen molar-refractivity contribution in [2.45, 2.75) is 55.8 Å². The molecule has 1 aromatic heterocycles. The zero-order valence-corrected chi connectivity index (χ0v) is 21.0. The number of nitrogens with zero attached hydrogens (tertiary/aromatic N) is 1. The molecule has 0 bridgehead atoms. The fourth-order valence-corrected chi connectivity index (χ4v) is 5.22. The Morgan fingerprint density at radius 3 is 2.51 bits per heavy atom. The van der Waals surface area contributed by atoms with Gasteiger partial charge in [-0.3, -0.25) is 0 Å². The molecule has 1 aliphatic carbocycles. The third-order valence-electron chi connectivity index (χ3n) is 6.96. The maximum absolute atomic E-state index is 10.9. The molecule has 9 heteroatoms. The van der Waals surface area contributed by atoms with Gasteiger partial charge in [0.15, 0.2) is 11.3 Å². The van der Waals surface area contributed by atoms with E-state index in [0.717, 1.165) is 22.0 Å². The summed E-state index contributed by atoms with van der Waals surface area (Å²) < 4.78 is 7.94. The molecular weight excluding hydrogens is 486 g/mol. The fourth-order valence-electron chi connectivity index (χ4n) is 4.85. The van der Waals surface area contributed by atoms with Crippen LogP contribution in [0.5, 0.6) is 0 Å². The first kappa shape index (κ1) is 24.5. The van der Waals surface area contributed by atoms with E-state index in [1.165, 1.54) is 18.4 Å². The van der Waals surface area contributed by atoms with Crippen molar-refractivity contribution >= 4 is 39.8 Å². The smallest absolute Gasteiger partial charge is 0.166 e. The van der Waals surface area contributed by atoms with Crippen LogP contribution in [0.1, 0.15) is 41.7 Å². The second-order valence-electron chi connectivity index (χ2n) is 9.39. The van der Waals surface area contributed by atoms with Crippen molar-refractivity contribution in [2.75, 3.05) is 13.6 Å². The van der Waals surface area contributed by atoms with E-state index in [9.17, 15) is 15.3 Å². The molecular formula is C26H30ClN3O4S. The maximum Gasteiger partial charge on any atom is 0.166 e. The molecule has 1 saturated heterocycles. The SMILES string of the molecule is CNC(=S)NC[C@H]1O[C@@H](n2cc(Cc3ccc(C4CC4)cc3)c3c(Cl)cccc32)[C@H](O)[C@@H](O)[C@@H]1O. The highest BCUT2D eigenvalue weighted by Crippen LogP contribution is 2.40. The average Bonchev–Trinajstić information content (AvgIpc) is 3.65. The van der Waals surface area contributed by atoms with Gasteiger partial charge in [0, 0.05) is 25.2 Å². The number of hydrogen-bond acceptors (Lipinski definition) is 5. The molecule has 1 saturated carbocycles. The molecule has 2 fully saturated rings. The average molecular weight is 516 g/mol. The summed E-state index contributed by atoms with van der Waals surface area (Å²) in [5.41, 5.74) is 4.33. The standard InChI is InChI=1S/C26H30ClN3O4S/c1-28-26(35)29-12-20-22(31)23(32)24(33)25(34-20)30-13-17(21-18(27)3-2-4-19(21)30)11-14-5-7-15(8-6-14)16-9-10-16/h2-8,13,16,20,22-25,31-33H,9-12H2,1H3,(H2,28,29,35)/t20-,22-,23+,24-,25-/m1/s1. The summed E-state index contributed by atoms with van der Waals surface area (Å²) in [5.74, 6) is 0.706. The van der Waals surface area contributed by atoms with Crippen LogP contribution in [-0.4, -0.2) is 63.0 Å². The lowest BCUT2D eigenvalue weighted by Gasteiger charge is -2.41. The van der Waals surface area contributed by atoms with E-state index in [4.69, 9.17) is 28.6 Å². The minimum absolute atomic E-state index is 0.168. The van der Waals surface area contributed by atoms with E-state index < -0.39 is 30.6 Å². The first-order valence-corrected chi connectivity index (χ1v) is 12.7. The number of fused-ring (bicyclic) bond motifs is 1. The van der Waals surface area contributed by atoms with Crippen LogP contribution in [0.25, 0.3) is 10.9 Å². The van der Waals surface area contributed by atoms with Gasteiger partial charge < -0.3 is 35.3 Å². The van der Waals surface area contributed by atoms with Crippen molar-refractivity contribution in [2.24, 2.45) is 0 Å². The molecule has 5 N–H and O–H groups in total. The Morgan fingerprint density at radius 2 is 1.83 bits per heavy atom. The number of aromatic nitrogens is 1. The van der Waals surface area contributed by atoms with Crippen molar-refractivity contribution in [1.82, 2.24) is 15.2 Å². The van der Waals surface area contributed by atoms with Gasteiger partial charge in [0.25, 0.3) is 0 Å². The van der Waals surface area contributed by atoms with E-state index in [1.807, 2.05) is 24.4 Å². The van der Waals surface area contributed by atoms with Crippen molar-refractivity contribution in [3.63, 3.8) is 0 Å². The Bertz CT molecular complexity index is 1210. The zero-order chi connectivity index (χ0) is 24.7. The van der Waals surface area contributed by atoms with E-state index in [2.05, 4.69) is 34.9 Å². The topological polar surface area (TPSA) is 98.9 Å². The van der Waals surface area contributed by atoms with Gasteiger partial charge in [0.05, 0.1) is 10.5 Å². The van der Waals surface area contributed by atoms with Crippen molar-refractivity contribution in [3.8, 4) is 0 Å². The number of nitrogens with one attached hydrogen (secondary N) is 2. The molecule has 1 aliphatic heterocycles. The predicted molar refractivity (Wildman–Crippen MR) is 140 cm³/mol. The molecule has 0 unspecified atom stereocenters. The number of benzene rings is 2. The van der Waals surface area contributed by atoms with Crippen LogP contribution in [0, 0.1) is 0 Å². The molecule has 2 heterocycles. The second kappa shape index (κ2) is 10.0. The minimum Gasteiger partial charge on any atom is -0.388 e. The molecule has 7 nitrogen and oxygen atoms in total. The molecule has 186 valence electrons. The van der Waals surface area contributed by atoms with Crippen molar-refractivity contribution < 1.29 is 20.1 Å². The summed E-state index contributed by atoms with van der Waals surface area (Å²) in [7, 11) is 1.69. The molecule has 2 aromatic carbocycles. The second-order valence-corrected chi connectivity index (χ2v) is 10.2. The number of halogens is 1. The Kier molecular flexibility index (Phi) is 7.03. The first-order valence-electron chi connectivity index (χ1n) is 11.9. The van der Waals surface area contributed by atoms with Gasteiger partial charge in [-0.25, -0.2) is 0 Å². The Morgan fingerprint density at radius 1 is 1.09 bits per heavy atom. The van der Waals surface area contributed by atoms with E-state index in [-0.39, 0.29) is 6.54 Å². The van der Waals surface area contributed by atoms with Gasteiger partial charge in [0.2, 0.25) is 0 Å². The number of thiocarbonyl (C=S) groups is 1. The van der Waals surface area contributed by atoms with Gasteiger partial charge in [-0.1, -0.05) is 41.9 Å². The number of hydrogen-bond donors (Lipinski definition) is 5. The third kappa shape index (κ3) is 4.91. The number of rotatable bonds is 6. The fraction of sp³-hybridized carbons (Fsp3) is 0.423. The lowest BCUT2D eigenvalue weighted by atomic mass is 9.97. The van der Waals surface area contributed by atoms with E-state index in [0.29, 0.717) is 22.5 Å². The summed E-state index contributed by atoms with van der Waals surface area (Å²) in [6.07, 6.45) is -0.594.